The quantitative estimate of drug-likeness (QED) is 0.608. The van der Waals surface area contributed by atoms with Gasteiger partial charge in [0.1, 0.15) is 0 Å². The Balaban J connectivity index is 2.02. The van der Waals surface area contributed by atoms with Crippen LogP contribution in [0.2, 0.25) is 5.02 Å². The SMILES string of the molecule is CCOc1cc(/C=N/NC(=O)[C@@H]2CCS(=O)(=O)C2)cc(Cl)c1O. The van der Waals surface area contributed by atoms with E-state index < -0.39 is 21.7 Å². The van der Waals surface area contributed by atoms with Gasteiger partial charge in [-0.25, -0.2) is 13.8 Å². The van der Waals surface area contributed by atoms with Crippen molar-refractivity contribution < 1.29 is 23.1 Å². The van der Waals surface area contributed by atoms with Gasteiger partial charge in [0.25, 0.3) is 0 Å². The number of nitrogens with zero attached hydrogens (tertiary/aromatic N) is 1. The molecule has 0 spiro atoms. The van der Waals surface area contributed by atoms with E-state index in [0.29, 0.717) is 18.6 Å². The van der Waals surface area contributed by atoms with E-state index >= 15 is 0 Å². The summed E-state index contributed by atoms with van der Waals surface area (Å²) in [6.07, 6.45) is 1.65. The minimum atomic E-state index is -3.11. The zero-order chi connectivity index (χ0) is 17.0. The Morgan fingerprint density at radius 3 is 2.91 bits per heavy atom. The Hall–Kier alpha value is -1.80. The van der Waals surface area contributed by atoms with E-state index in [1.54, 1.807) is 6.92 Å². The van der Waals surface area contributed by atoms with Crippen LogP contribution in [0.1, 0.15) is 18.9 Å². The summed E-state index contributed by atoms with van der Waals surface area (Å²) < 4.78 is 27.9. The molecule has 0 unspecified atom stereocenters. The van der Waals surface area contributed by atoms with E-state index in [1.165, 1.54) is 18.3 Å². The van der Waals surface area contributed by atoms with Gasteiger partial charge in [-0.3, -0.25) is 4.79 Å². The molecular formula is C14H17ClN2O5S. The van der Waals surface area contributed by atoms with Crippen LogP contribution in [0.3, 0.4) is 0 Å². The van der Waals surface area contributed by atoms with E-state index in [1.807, 2.05) is 0 Å². The number of ether oxygens (including phenoxy) is 1. The lowest BCUT2D eigenvalue weighted by Crippen LogP contribution is -2.27. The molecule has 1 aliphatic heterocycles. The lowest BCUT2D eigenvalue weighted by molar-refractivity contribution is -0.124. The van der Waals surface area contributed by atoms with Crippen molar-refractivity contribution in [1.29, 1.82) is 0 Å². The van der Waals surface area contributed by atoms with Gasteiger partial charge in [0.05, 0.1) is 35.3 Å². The highest BCUT2D eigenvalue weighted by Gasteiger charge is 2.32. The minimum absolute atomic E-state index is 0.0279. The first-order valence-corrected chi connectivity index (χ1v) is 9.21. The summed E-state index contributed by atoms with van der Waals surface area (Å²) >= 11 is 5.89. The standard InChI is InChI=1S/C14H17ClN2O5S/c1-2-22-12-6-9(5-11(15)13(12)18)7-16-17-14(19)10-3-4-23(20,21)8-10/h5-7,10,18H,2-4,8H2,1H3,(H,17,19)/b16-7+/t10-/m1/s1. The number of amides is 1. The summed E-state index contributed by atoms with van der Waals surface area (Å²) in [5.74, 6) is -1.06. The molecular weight excluding hydrogens is 344 g/mol. The highest BCUT2D eigenvalue weighted by atomic mass is 35.5. The number of hydrogen-bond acceptors (Lipinski definition) is 6. The second-order valence-electron chi connectivity index (χ2n) is 5.12. The lowest BCUT2D eigenvalue weighted by Gasteiger charge is -2.08. The maximum atomic E-state index is 11.8. The highest BCUT2D eigenvalue weighted by Crippen LogP contribution is 2.34. The Bertz CT molecular complexity index is 733. The van der Waals surface area contributed by atoms with Gasteiger partial charge in [-0.15, -0.1) is 0 Å². The molecule has 0 aromatic heterocycles. The van der Waals surface area contributed by atoms with Gasteiger partial charge in [-0.1, -0.05) is 11.6 Å². The van der Waals surface area contributed by atoms with Gasteiger partial charge >= 0.3 is 0 Å². The molecule has 2 rings (SSSR count). The fourth-order valence-corrected chi connectivity index (χ4v) is 4.16. The fraction of sp³-hybridized carbons (Fsp3) is 0.429. The first kappa shape index (κ1) is 17.6. The number of rotatable bonds is 5. The van der Waals surface area contributed by atoms with Crippen molar-refractivity contribution >= 4 is 33.6 Å². The van der Waals surface area contributed by atoms with Gasteiger partial charge < -0.3 is 9.84 Å². The molecule has 0 radical (unpaired) electrons. The van der Waals surface area contributed by atoms with Crippen molar-refractivity contribution in [3.8, 4) is 11.5 Å². The molecule has 0 saturated carbocycles. The number of aromatic hydroxyl groups is 1. The number of halogens is 1. The van der Waals surface area contributed by atoms with E-state index in [0.717, 1.165) is 0 Å². The number of sulfone groups is 1. The number of phenolic OH excluding ortho intramolecular Hbond substituents is 1. The maximum Gasteiger partial charge on any atom is 0.244 e. The van der Waals surface area contributed by atoms with Crippen LogP contribution in [0.4, 0.5) is 0 Å². The molecule has 1 amide bonds. The van der Waals surface area contributed by atoms with E-state index in [9.17, 15) is 18.3 Å². The molecule has 0 bridgehead atoms. The maximum absolute atomic E-state index is 11.8. The van der Waals surface area contributed by atoms with Crippen LogP contribution in [0.25, 0.3) is 0 Å². The molecule has 1 aromatic carbocycles. The van der Waals surface area contributed by atoms with Crippen molar-refractivity contribution in [1.82, 2.24) is 5.43 Å². The zero-order valence-corrected chi connectivity index (χ0v) is 14.0. The topological polar surface area (TPSA) is 105 Å². The average Bonchev–Trinajstić information content (AvgIpc) is 2.84. The van der Waals surface area contributed by atoms with Crippen molar-refractivity contribution in [2.75, 3.05) is 18.1 Å². The average molecular weight is 361 g/mol. The van der Waals surface area contributed by atoms with Crippen molar-refractivity contribution in [3.05, 3.63) is 22.7 Å². The Kier molecular flexibility index (Phi) is 5.48. The van der Waals surface area contributed by atoms with Gasteiger partial charge in [0.2, 0.25) is 5.91 Å². The number of hydrogen-bond donors (Lipinski definition) is 2. The number of nitrogens with one attached hydrogen (secondary N) is 1. The van der Waals surface area contributed by atoms with Crippen LogP contribution in [0.5, 0.6) is 11.5 Å². The minimum Gasteiger partial charge on any atom is -0.503 e. The Morgan fingerprint density at radius 1 is 1.57 bits per heavy atom. The first-order chi connectivity index (χ1) is 10.8. The molecule has 2 N–H and O–H groups in total. The van der Waals surface area contributed by atoms with Crippen LogP contribution >= 0.6 is 11.6 Å². The summed E-state index contributed by atoms with van der Waals surface area (Å²) in [7, 11) is -3.11. The van der Waals surface area contributed by atoms with Crippen LogP contribution in [0.15, 0.2) is 17.2 Å². The summed E-state index contributed by atoms with van der Waals surface area (Å²) in [6, 6.07) is 3.00. The molecule has 9 heteroatoms. The van der Waals surface area contributed by atoms with Crippen LogP contribution in [-0.2, 0) is 14.6 Å². The predicted molar refractivity (Wildman–Crippen MR) is 86.8 cm³/mol. The fourth-order valence-electron chi connectivity index (χ4n) is 2.20. The lowest BCUT2D eigenvalue weighted by atomic mass is 10.1. The molecule has 1 aliphatic rings. The Morgan fingerprint density at radius 2 is 2.30 bits per heavy atom. The summed E-state index contributed by atoms with van der Waals surface area (Å²) in [6.45, 7) is 2.13. The van der Waals surface area contributed by atoms with E-state index in [2.05, 4.69) is 10.5 Å². The number of carbonyl (C=O) groups is 1. The van der Waals surface area contributed by atoms with Crippen molar-refractivity contribution in [2.45, 2.75) is 13.3 Å². The van der Waals surface area contributed by atoms with Gasteiger partial charge in [-0.2, -0.15) is 5.10 Å². The summed E-state index contributed by atoms with van der Waals surface area (Å²) in [5.41, 5.74) is 2.84. The molecule has 1 heterocycles. The Labute approximate surface area is 139 Å². The number of benzene rings is 1. The molecule has 0 aliphatic carbocycles. The molecule has 126 valence electrons. The zero-order valence-electron chi connectivity index (χ0n) is 12.5. The van der Waals surface area contributed by atoms with Gasteiger partial charge in [0.15, 0.2) is 21.3 Å². The third kappa shape index (κ3) is 4.59. The summed E-state index contributed by atoms with van der Waals surface area (Å²) in [4.78, 5) is 11.8. The summed E-state index contributed by atoms with van der Waals surface area (Å²) in [5, 5.41) is 13.6. The van der Waals surface area contributed by atoms with Crippen LogP contribution in [0, 0.1) is 5.92 Å². The molecule has 1 fully saturated rings. The number of phenols is 1. The monoisotopic (exact) mass is 360 g/mol. The third-order valence-corrected chi connectivity index (χ3v) is 5.40. The molecule has 7 nitrogen and oxygen atoms in total. The second-order valence-corrected chi connectivity index (χ2v) is 7.75. The third-order valence-electron chi connectivity index (χ3n) is 3.34. The largest absolute Gasteiger partial charge is 0.503 e. The van der Waals surface area contributed by atoms with Crippen molar-refractivity contribution in [3.63, 3.8) is 0 Å². The molecule has 1 saturated heterocycles. The van der Waals surface area contributed by atoms with Gasteiger partial charge in [-0.05, 0) is 31.0 Å². The predicted octanol–water partition coefficient (Wildman–Crippen LogP) is 1.33. The number of hydrazone groups is 1. The molecule has 23 heavy (non-hydrogen) atoms. The van der Waals surface area contributed by atoms with Crippen LogP contribution < -0.4 is 10.2 Å². The highest BCUT2D eigenvalue weighted by molar-refractivity contribution is 7.91. The second kappa shape index (κ2) is 7.18. The van der Waals surface area contributed by atoms with Crippen LogP contribution in [-0.4, -0.2) is 43.8 Å². The number of carbonyl (C=O) groups excluding carboxylic acids is 1. The molecule has 1 atom stereocenters. The van der Waals surface area contributed by atoms with E-state index in [-0.39, 0.29) is 28.0 Å². The van der Waals surface area contributed by atoms with Gasteiger partial charge in [0, 0.05) is 0 Å². The first-order valence-electron chi connectivity index (χ1n) is 7.01. The smallest absolute Gasteiger partial charge is 0.244 e. The van der Waals surface area contributed by atoms with Crippen molar-refractivity contribution in [2.24, 2.45) is 11.0 Å². The van der Waals surface area contributed by atoms with E-state index in [4.69, 9.17) is 16.3 Å². The normalized spacial score (nSPS) is 19.8. The molecule has 1 aromatic rings.